The molecular weight excluding hydrogens is 304 g/mol. The standard InChI is InChI=1S/C18H20N4O2/c1-24-18-21-16-15(11-7-13-19-16)22(18)17(23)20-12-6-5-10-14-8-3-2-4-9-14/h2-4,7-9,11,13H,5-6,10,12H2,1H3,(H,20,23). The van der Waals surface area contributed by atoms with Crippen molar-refractivity contribution < 1.29 is 9.53 Å². The quantitative estimate of drug-likeness (QED) is 0.708. The van der Waals surface area contributed by atoms with Gasteiger partial charge in [0.05, 0.1) is 7.11 Å². The number of benzene rings is 1. The maximum absolute atomic E-state index is 12.4. The fourth-order valence-electron chi connectivity index (χ4n) is 2.60. The van der Waals surface area contributed by atoms with E-state index < -0.39 is 0 Å². The lowest BCUT2D eigenvalue weighted by Gasteiger charge is -2.08. The van der Waals surface area contributed by atoms with Gasteiger partial charge in [0.25, 0.3) is 0 Å². The summed E-state index contributed by atoms with van der Waals surface area (Å²) in [6.07, 6.45) is 4.58. The number of ether oxygens (including phenoxy) is 1. The molecule has 0 saturated heterocycles. The Morgan fingerprint density at radius 3 is 2.79 bits per heavy atom. The predicted molar refractivity (Wildman–Crippen MR) is 92.3 cm³/mol. The molecule has 2 aromatic heterocycles. The lowest BCUT2D eigenvalue weighted by atomic mass is 10.1. The molecule has 0 aliphatic heterocycles. The van der Waals surface area contributed by atoms with E-state index in [1.54, 1.807) is 18.3 Å². The first-order valence-corrected chi connectivity index (χ1v) is 7.99. The van der Waals surface area contributed by atoms with Crippen molar-refractivity contribution in [2.45, 2.75) is 19.3 Å². The van der Waals surface area contributed by atoms with Crippen LogP contribution in [0.3, 0.4) is 0 Å². The minimum atomic E-state index is -0.248. The zero-order valence-electron chi connectivity index (χ0n) is 13.6. The summed E-state index contributed by atoms with van der Waals surface area (Å²) in [4.78, 5) is 20.8. The summed E-state index contributed by atoms with van der Waals surface area (Å²) in [7, 11) is 1.49. The van der Waals surface area contributed by atoms with Gasteiger partial charge < -0.3 is 10.1 Å². The van der Waals surface area contributed by atoms with Crippen molar-refractivity contribution in [2.75, 3.05) is 13.7 Å². The van der Waals surface area contributed by atoms with Crippen LogP contribution in [0.5, 0.6) is 6.01 Å². The second-order valence-electron chi connectivity index (χ2n) is 5.45. The summed E-state index contributed by atoms with van der Waals surface area (Å²) >= 11 is 0. The molecule has 0 bridgehead atoms. The highest BCUT2D eigenvalue weighted by Crippen LogP contribution is 2.18. The van der Waals surface area contributed by atoms with Gasteiger partial charge in [-0.15, -0.1) is 0 Å². The summed E-state index contributed by atoms with van der Waals surface area (Å²) in [5, 5.41) is 2.91. The minimum Gasteiger partial charge on any atom is -0.468 e. The van der Waals surface area contributed by atoms with Crippen molar-refractivity contribution in [1.29, 1.82) is 0 Å². The Hall–Kier alpha value is -2.89. The molecule has 24 heavy (non-hydrogen) atoms. The number of carbonyl (C=O) groups is 1. The first kappa shape index (κ1) is 16.0. The van der Waals surface area contributed by atoms with Crippen molar-refractivity contribution in [3.8, 4) is 6.01 Å². The summed E-state index contributed by atoms with van der Waals surface area (Å²) in [5.41, 5.74) is 2.45. The second-order valence-corrected chi connectivity index (χ2v) is 5.45. The van der Waals surface area contributed by atoms with E-state index in [4.69, 9.17) is 4.74 Å². The zero-order valence-corrected chi connectivity index (χ0v) is 13.6. The number of carbonyl (C=O) groups excluding carboxylic acids is 1. The summed E-state index contributed by atoms with van der Waals surface area (Å²) in [6.45, 7) is 0.606. The Morgan fingerprint density at radius 2 is 2.00 bits per heavy atom. The van der Waals surface area contributed by atoms with E-state index in [2.05, 4.69) is 27.4 Å². The van der Waals surface area contributed by atoms with E-state index in [0.717, 1.165) is 19.3 Å². The molecule has 0 spiro atoms. The molecule has 1 N–H and O–H groups in total. The second kappa shape index (κ2) is 7.59. The van der Waals surface area contributed by atoms with E-state index >= 15 is 0 Å². The Kier molecular flexibility index (Phi) is 5.05. The van der Waals surface area contributed by atoms with Crippen LogP contribution in [-0.2, 0) is 6.42 Å². The summed E-state index contributed by atoms with van der Waals surface area (Å²) in [6, 6.07) is 13.9. The number of fused-ring (bicyclic) bond motifs is 1. The Morgan fingerprint density at radius 1 is 1.17 bits per heavy atom. The average Bonchev–Trinajstić information content (AvgIpc) is 3.01. The molecule has 6 nitrogen and oxygen atoms in total. The van der Waals surface area contributed by atoms with Crippen LogP contribution in [0.25, 0.3) is 11.2 Å². The molecule has 0 radical (unpaired) electrons. The number of hydrogen-bond donors (Lipinski definition) is 1. The first-order chi connectivity index (χ1) is 11.8. The minimum absolute atomic E-state index is 0.241. The third kappa shape index (κ3) is 3.53. The molecule has 0 unspecified atom stereocenters. The molecule has 6 heteroatoms. The van der Waals surface area contributed by atoms with Crippen molar-refractivity contribution in [2.24, 2.45) is 0 Å². The molecular formula is C18H20N4O2. The van der Waals surface area contributed by atoms with Crippen molar-refractivity contribution in [1.82, 2.24) is 19.9 Å². The Balaban J connectivity index is 1.55. The van der Waals surface area contributed by atoms with Gasteiger partial charge in [-0.2, -0.15) is 4.98 Å². The van der Waals surface area contributed by atoms with E-state index in [-0.39, 0.29) is 12.0 Å². The fourth-order valence-corrected chi connectivity index (χ4v) is 2.60. The predicted octanol–water partition coefficient (Wildman–Crippen LogP) is 3.02. The average molecular weight is 324 g/mol. The number of nitrogens with one attached hydrogen (secondary N) is 1. The van der Waals surface area contributed by atoms with Crippen LogP contribution < -0.4 is 10.1 Å². The number of pyridine rings is 1. The van der Waals surface area contributed by atoms with Crippen LogP contribution in [0.2, 0.25) is 0 Å². The number of methoxy groups -OCH3 is 1. The number of hydrogen-bond acceptors (Lipinski definition) is 4. The molecule has 2 heterocycles. The van der Waals surface area contributed by atoms with Gasteiger partial charge in [-0.3, -0.25) is 0 Å². The lowest BCUT2D eigenvalue weighted by Crippen LogP contribution is -2.29. The molecule has 0 fully saturated rings. The molecule has 1 amide bonds. The highest BCUT2D eigenvalue weighted by atomic mass is 16.5. The largest absolute Gasteiger partial charge is 0.468 e. The summed E-state index contributed by atoms with van der Waals surface area (Å²) in [5.74, 6) is 0. The molecule has 0 aliphatic rings. The molecule has 3 rings (SSSR count). The monoisotopic (exact) mass is 324 g/mol. The van der Waals surface area contributed by atoms with Gasteiger partial charge in [-0.05, 0) is 37.0 Å². The topological polar surface area (TPSA) is 69.0 Å². The molecule has 0 atom stereocenters. The molecule has 1 aromatic carbocycles. The van der Waals surface area contributed by atoms with Crippen molar-refractivity contribution in [3.63, 3.8) is 0 Å². The van der Waals surface area contributed by atoms with E-state index in [1.165, 1.54) is 17.2 Å². The fraction of sp³-hybridized carbons (Fsp3) is 0.278. The van der Waals surface area contributed by atoms with Gasteiger partial charge in [0.1, 0.15) is 5.52 Å². The van der Waals surface area contributed by atoms with E-state index in [9.17, 15) is 4.79 Å². The maximum Gasteiger partial charge on any atom is 0.330 e. The van der Waals surface area contributed by atoms with Crippen LogP contribution in [0.15, 0.2) is 48.7 Å². The zero-order chi connectivity index (χ0) is 16.8. The van der Waals surface area contributed by atoms with E-state index in [0.29, 0.717) is 17.7 Å². The Bertz CT molecular complexity index is 814. The molecule has 124 valence electrons. The molecule has 3 aromatic rings. The van der Waals surface area contributed by atoms with E-state index in [1.807, 2.05) is 18.2 Å². The number of aromatic nitrogens is 3. The van der Waals surface area contributed by atoms with Gasteiger partial charge in [-0.25, -0.2) is 14.3 Å². The van der Waals surface area contributed by atoms with Crippen molar-refractivity contribution in [3.05, 3.63) is 54.2 Å². The van der Waals surface area contributed by atoms with Gasteiger partial charge in [0.15, 0.2) is 5.65 Å². The number of imidazole rings is 1. The van der Waals surface area contributed by atoms with Gasteiger partial charge in [0, 0.05) is 12.7 Å². The summed E-state index contributed by atoms with van der Waals surface area (Å²) < 4.78 is 6.60. The molecule has 0 aliphatic carbocycles. The highest BCUT2D eigenvalue weighted by Gasteiger charge is 2.17. The van der Waals surface area contributed by atoms with Crippen LogP contribution in [0.1, 0.15) is 18.4 Å². The van der Waals surface area contributed by atoms with Gasteiger partial charge in [-0.1, -0.05) is 30.3 Å². The van der Waals surface area contributed by atoms with Crippen LogP contribution in [-0.4, -0.2) is 34.2 Å². The van der Waals surface area contributed by atoms with Crippen LogP contribution >= 0.6 is 0 Å². The lowest BCUT2D eigenvalue weighted by molar-refractivity contribution is 0.239. The normalized spacial score (nSPS) is 10.7. The first-order valence-electron chi connectivity index (χ1n) is 7.99. The van der Waals surface area contributed by atoms with Crippen LogP contribution in [0.4, 0.5) is 4.79 Å². The smallest absolute Gasteiger partial charge is 0.330 e. The highest BCUT2D eigenvalue weighted by molar-refractivity contribution is 5.89. The SMILES string of the molecule is COc1nc2ncccc2n1C(=O)NCCCCc1ccccc1. The maximum atomic E-state index is 12.4. The van der Waals surface area contributed by atoms with Crippen LogP contribution in [0, 0.1) is 0 Å². The number of unbranched alkanes of at least 4 members (excludes halogenated alkanes) is 1. The van der Waals surface area contributed by atoms with Gasteiger partial charge in [0.2, 0.25) is 0 Å². The number of aryl methyl sites for hydroxylation is 1. The van der Waals surface area contributed by atoms with Crippen molar-refractivity contribution >= 4 is 17.2 Å². The number of nitrogens with zero attached hydrogens (tertiary/aromatic N) is 3. The number of rotatable bonds is 6. The third-order valence-corrected chi connectivity index (χ3v) is 3.80. The Labute approximate surface area is 140 Å². The van der Waals surface area contributed by atoms with Gasteiger partial charge >= 0.3 is 12.0 Å². The third-order valence-electron chi connectivity index (χ3n) is 3.80. The number of amides is 1. The molecule has 0 saturated carbocycles.